The Morgan fingerprint density at radius 3 is 2.53 bits per heavy atom. The molecule has 1 aromatic heterocycles. The summed E-state index contributed by atoms with van der Waals surface area (Å²) in [6.45, 7) is 0. The van der Waals surface area contributed by atoms with Crippen LogP contribution in [-0.2, 0) is 7.05 Å². The van der Waals surface area contributed by atoms with Crippen LogP contribution in [0.5, 0.6) is 0 Å². The zero-order chi connectivity index (χ0) is 11.0. The van der Waals surface area contributed by atoms with Crippen LogP contribution in [0, 0.1) is 11.6 Å². The van der Waals surface area contributed by atoms with Crippen LogP contribution in [0.2, 0.25) is 0 Å². The maximum absolute atomic E-state index is 13.6. The molecule has 0 fully saturated rings. The maximum Gasteiger partial charge on any atom is 0.138 e. The highest BCUT2D eigenvalue weighted by Crippen LogP contribution is 2.27. The van der Waals surface area contributed by atoms with E-state index in [-0.39, 0.29) is 10.0 Å². The summed E-state index contributed by atoms with van der Waals surface area (Å²) in [4.78, 5) is 0. The van der Waals surface area contributed by atoms with E-state index in [1.54, 1.807) is 29.9 Å². The summed E-state index contributed by atoms with van der Waals surface area (Å²) in [7, 11) is 1.79. The van der Waals surface area contributed by atoms with Gasteiger partial charge in [0.15, 0.2) is 0 Å². The van der Waals surface area contributed by atoms with Gasteiger partial charge < -0.3 is 4.57 Å². The SMILES string of the molecule is Cn1cccc1-c1cc(F)c(Br)cc1F. The molecule has 0 aliphatic carbocycles. The third-order valence-corrected chi connectivity index (χ3v) is 2.84. The van der Waals surface area contributed by atoms with Crippen LogP contribution in [0.3, 0.4) is 0 Å². The van der Waals surface area contributed by atoms with Gasteiger partial charge in [-0.25, -0.2) is 8.78 Å². The molecule has 0 amide bonds. The van der Waals surface area contributed by atoms with Crippen LogP contribution in [0.15, 0.2) is 34.9 Å². The molecule has 0 saturated heterocycles. The maximum atomic E-state index is 13.6. The fraction of sp³-hybridized carbons (Fsp3) is 0.0909. The Kier molecular flexibility index (Phi) is 2.61. The molecule has 2 aromatic rings. The first-order valence-electron chi connectivity index (χ1n) is 4.36. The topological polar surface area (TPSA) is 4.93 Å². The second kappa shape index (κ2) is 3.77. The number of benzene rings is 1. The summed E-state index contributed by atoms with van der Waals surface area (Å²) in [6.07, 6.45) is 1.79. The van der Waals surface area contributed by atoms with Crippen LogP contribution < -0.4 is 0 Å². The third-order valence-electron chi connectivity index (χ3n) is 2.23. The molecule has 2 rings (SSSR count). The number of aryl methyl sites for hydroxylation is 1. The van der Waals surface area contributed by atoms with E-state index in [4.69, 9.17) is 0 Å². The lowest BCUT2D eigenvalue weighted by atomic mass is 10.1. The van der Waals surface area contributed by atoms with Crippen molar-refractivity contribution in [1.29, 1.82) is 0 Å². The molecule has 0 radical (unpaired) electrons. The van der Waals surface area contributed by atoms with Gasteiger partial charge in [-0.05, 0) is 40.2 Å². The normalized spacial score (nSPS) is 10.7. The minimum absolute atomic E-state index is 0.137. The van der Waals surface area contributed by atoms with Gasteiger partial charge in [0.25, 0.3) is 0 Å². The number of rotatable bonds is 1. The average Bonchev–Trinajstić information content (AvgIpc) is 2.58. The summed E-state index contributed by atoms with van der Waals surface area (Å²) in [5.41, 5.74) is 0.919. The molecule has 0 bridgehead atoms. The first kappa shape index (κ1) is 10.4. The smallest absolute Gasteiger partial charge is 0.138 e. The van der Waals surface area contributed by atoms with E-state index >= 15 is 0 Å². The predicted octanol–water partition coefficient (Wildman–Crippen LogP) is 3.73. The molecule has 4 heteroatoms. The Morgan fingerprint density at radius 1 is 1.20 bits per heavy atom. The molecule has 0 atom stereocenters. The van der Waals surface area contributed by atoms with Crippen molar-refractivity contribution in [3.8, 4) is 11.3 Å². The molecule has 15 heavy (non-hydrogen) atoms. The van der Waals surface area contributed by atoms with E-state index in [9.17, 15) is 8.78 Å². The lowest BCUT2D eigenvalue weighted by Gasteiger charge is -2.06. The molecule has 0 N–H and O–H groups in total. The molecular formula is C11H8BrF2N. The van der Waals surface area contributed by atoms with Crippen LogP contribution in [-0.4, -0.2) is 4.57 Å². The zero-order valence-corrected chi connectivity index (χ0v) is 9.55. The number of nitrogens with zero attached hydrogens (tertiary/aromatic N) is 1. The Bertz CT molecular complexity index is 505. The van der Waals surface area contributed by atoms with Crippen molar-refractivity contribution < 1.29 is 8.78 Å². The van der Waals surface area contributed by atoms with Crippen molar-refractivity contribution in [1.82, 2.24) is 4.57 Å². The summed E-state index contributed by atoms with van der Waals surface area (Å²) in [5, 5.41) is 0. The van der Waals surface area contributed by atoms with E-state index in [1.807, 2.05) is 0 Å². The Labute approximate surface area is 94.5 Å². The minimum Gasteiger partial charge on any atom is -0.350 e. The van der Waals surface area contributed by atoms with Gasteiger partial charge in [-0.2, -0.15) is 0 Å². The standard InChI is InChI=1S/C11H8BrF2N/c1-15-4-2-3-11(15)7-5-10(14)8(12)6-9(7)13/h2-6H,1H3. The first-order chi connectivity index (χ1) is 7.09. The molecule has 1 aromatic carbocycles. The van der Waals surface area contributed by atoms with Gasteiger partial charge in [-0.1, -0.05) is 0 Å². The van der Waals surface area contributed by atoms with Crippen molar-refractivity contribution in [3.05, 3.63) is 46.6 Å². The highest BCUT2D eigenvalue weighted by Gasteiger charge is 2.11. The van der Waals surface area contributed by atoms with Gasteiger partial charge in [0.1, 0.15) is 11.6 Å². The fourth-order valence-electron chi connectivity index (χ4n) is 1.46. The van der Waals surface area contributed by atoms with Crippen LogP contribution in [0.25, 0.3) is 11.3 Å². The second-order valence-corrected chi connectivity index (χ2v) is 4.10. The molecule has 0 saturated carbocycles. The van der Waals surface area contributed by atoms with Crippen LogP contribution >= 0.6 is 15.9 Å². The summed E-state index contributed by atoms with van der Waals surface area (Å²) >= 11 is 2.94. The van der Waals surface area contributed by atoms with Gasteiger partial charge in [-0.3, -0.25) is 0 Å². The Hall–Kier alpha value is -1.16. The number of halogens is 3. The predicted molar refractivity (Wildman–Crippen MR) is 58.5 cm³/mol. The summed E-state index contributed by atoms with van der Waals surface area (Å²) in [5.74, 6) is -0.905. The average molecular weight is 272 g/mol. The fourth-order valence-corrected chi connectivity index (χ4v) is 1.78. The number of aromatic nitrogens is 1. The highest BCUT2D eigenvalue weighted by atomic mass is 79.9. The van der Waals surface area contributed by atoms with Crippen molar-refractivity contribution in [2.24, 2.45) is 7.05 Å². The van der Waals surface area contributed by atoms with Gasteiger partial charge in [0.2, 0.25) is 0 Å². The van der Waals surface area contributed by atoms with Crippen LogP contribution in [0.4, 0.5) is 8.78 Å². The Balaban J connectivity index is 2.64. The van der Waals surface area contributed by atoms with E-state index in [1.165, 1.54) is 6.07 Å². The third kappa shape index (κ3) is 1.81. The molecular weight excluding hydrogens is 264 g/mol. The Morgan fingerprint density at radius 2 is 1.93 bits per heavy atom. The summed E-state index contributed by atoms with van der Waals surface area (Å²) < 4.78 is 28.7. The van der Waals surface area contributed by atoms with Gasteiger partial charge >= 0.3 is 0 Å². The monoisotopic (exact) mass is 271 g/mol. The molecule has 1 heterocycles. The molecule has 0 aliphatic rings. The van der Waals surface area contributed by atoms with E-state index in [0.717, 1.165) is 6.07 Å². The molecule has 0 spiro atoms. The van der Waals surface area contributed by atoms with Crippen LogP contribution in [0.1, 0.15) is 0 Å². The molecule has 0 unspecified atom stereocenters. The van der Waals surface area contributed by atoms with Gasteiger partial charge in [0.05, 0.1) is 10.2 Å². The zero-order valence-electron chi connectivity index (χ0n) is 7.97. The lowest BCUT2D eigenvalue weighted by Crippen LogP contribution is -1.94. The largest absolute Gasteiger partial charge is 0.350 e. The van der Waals surface area contributed by atoms with Crippen molar-refractivity contribution in [2.75, 3.05) is 0 Å². The van der Waals surface area contributed by atoms with E-state index in [0.29, 0.717) is 5.69 Å². The van der Waals surface area contributed by atoms with Crippen molar-refractivity contribution >= 4 is 15.9 Å². The number of hydrogen-bond acceptors (Lipinski definition) is 0. The van der Waals surface area contributed by atoms with Crippen molar-refractivity contribution in [2.45, 2.75) is 0 Å². The van der Waals surface area contributed by atoms with E-state index in [2.05, 4.69) is 15.9 Å². The second-order valence-electron chi connectivity index (χ2n) is 3.25. The highest BCUT2D eigenvalue weighted by molar-refractivity contribution is 9.10. The quantitative estimate of drug-likeness (QED) is 0.697. The molecule has 0 aliphatic heterocycles. The molecule has 78 valence electrons. The van der Waals surface area contributed by atoms with Gasteiger partial charge in [0, 0.05) is 18.8 Å². The van der Waals surface area contributed by atoms with Crippen molar-refractivity contribution in [3.63, 3.8) is 0 Å². The lowest BCUT2D eigenvalue weighted by molar-refractivity contribution is 0.596. The first-order valence-corrected chi connectivity index (χ1v) is 5.15. The van der Waals surface area contributed by atoms with E-state index < -0.39 is 11.6 Å². The molecule has 1 nitrogen and oxygen atoms in total. The van der Waals surface area contributed by atoms with Gasteiger partial charge in [-0.15, -0.1) is 0 Å². The minimum atomic E-state index is -0.465. The number of hydrogen-bond donors (Lipinski definition) is 0. The summed E-state index contributed by atoms with van der Waals surface area (Å²) in [6, 6.07) is 5.85.